The predicted octanol–water partition coefficient (Wildman–Crippen LogP) is 4.31. The zero-order valence-corrected chi connectivity index (χ0v) is 21.5. The first-order valence-electron chi connectivity index (χ1n) is 11.4. The van der Waals surface area contributed by atoms with Crippen LogP contribution in [0.15, 0.2) is 70.6 Å². The molecule has 4 heterocycles. The fraction of sp³-hybridized carbons (Fsp3) is 0.0800. The minimum atomic E-state index is -1.21. The topological polar surface area (TPSA) is 104 Å². The van der Waals surface area contributed by atoms with Crippen molar-refractivity contribution in [3.63, 3.8) is 0 Å². The van der Waals surface area contributed by atoms with E-state index in [0.29, 0.717) is 16.9 Å². The molecule has 10 nitrogen and oxygen atoms in total. The molecular formula is C25H16Cl2F2N8O2. The van der Waals surface area contributed by atoms with E-state index < -0.39 is 28.0 Å². The monoisotopic (exact) mass is 568 g/mol. The third kappa shape index (κ3) is 4.33. The molecule has 0 fully saturated rings. The van der Waals surface area contributed by atoms with Crippen molar-refractivity contribution in [1.82, 2.24) is 33.3 Å². The largest absolute Gasteiger partial charge is 0.360 e. The van der Waals surface area contributed by atoms with Gasteiger partial charge in [-0.1, -0.05) is 29.3 Å². The molecule has 0 aliphatic rings. The summed E-state index contributed by atoms with van der Waals surface area (Å²) >= 11 is 12.3. The Hall–Kier alpha value is -4.55. The number of aromatic nitrogens is 7. The third-order valence-corrected chi connectivity index (χ3v) is 6.62. The molecule has 6 rings (SSSR count). The summed E-state index contributed by atoms with van der Waals surface area (Å²) in [7, 11) is 1.76. The highest BCUT2D eigenvalue weighted by atomic mass is 35.5. The number of benzene rings is 2. The maximum atomic E-state index is 14.2. The molecular weight excluding hydrogens is 553 g/mol. The van der Waals surface area contributed by atoms with Gasteiger partial charge >= 0.3 is 11.4 Å². The quantitative estimate of drug-likeness (QED) is 0.311. The summed E-state index contributed by atoms with van der Waals surface area (Å²) < 4.78 is 33.1. The standard InChI is InChI=1S/C25H16Cl2F2N8O2/c1-34-12-14-8-19(15(26)9-18(14)33-34)31-23-32-24(38)37(21-10-30-20-4-2-3-5-35(20)21)25(39)36(23)11-13-6-16(27)22(29)17(28)7-13/h2-10,12H,11H2,1H3,(H,31,32,38). The van der Waals surface area contributed by atoms with Gasteiger partial charge in [-0.05, 0) is 42.0 Å². The number of hydrogen-bond acceptors (Lipinski definition) is 6. The van der Waals surface area contributed by atoms with Gasteiger partial charge in [-0.3, -0.25) is 13.6 Å². The predicted molar refractivity (Wildman–Crippen MR) is 142 cm³/mol. The number of fused-ring (bicyclic) bond motifs is 2. The minimum Gasteiger partial charge on any atom is -0.324 e. The molecule has 0 atom stereocenters. The van der Waals surface area contributed by atoms with E-state index in [-0.39, 0.29) is 28.9 Å². The summed E-state index contributed by atoms with van der Waals surface area (Å²) in [5.41, 5.74) is -0.0840. The summed E-state index contributed by atoms with van der Waals surface area (Å²) in [6.07, 6.45) is 4.76. The molecule has 4 aromatic heterocycles. The molecule has 0 spiro atoms. The first-order chi connectivity index (χ1) is 18.7. The molecule has 14 heteroatoms. The van der Waals surface area contributed by atoms with Gasteiger partial charge in [0.15, 0.2) is 11.6 Å². The highest BCUT2D eigenvalue weighted by Crippen LogP contribution is 2.29. The Morgan fingerprint density at radius 1 is 1.05 bits per heavy atom. The zero-order chi connectivity index (χ0) is 27.4. The Bertz CT molecular complexity index is 2020. The van der Waals surface area contributed by atoms with Crippen LogP contribution in [-0.4, -0.2) is 33.3 Å². The van der Waals surface area contributed by atoms with Crippen molar-refractivity contribution < 1.29 is 8.78 Å². The third-order valence-electron chi connectivity index (χ3n) is 6.04. The fourth-order valence-electron chi connectivity index (χ4n) is 4.28. The summed E-state index contributed by atoms with van der Waals surface area (Å²) in [5.74, 6) is -2.43. The number of nitrogens with zero attached hydrogens (tertiary/aromatic N) is 7. The smallest absolute Gasteiger partial charge is 0.324 e. The van der Waals surface area contributed by atoms with E-state index in [1.807, 2.05) is 0 Å². The molecule has 0 aliphatic heterocycles. The Morgan fingerprint density at radius 2 is 1.87 bits per heavy atom. The first-order valence-corrected chi connectivity index (χ1v) is 12.1. The molecule has 0 radical (unpaired) electrons. The van der Waals surface area contributed by atoms with Crippen LogP contribution < -0.4 is 16.7 Å². The molecule has 39 heavy (non-hydrogen) atoms. The van der Waals surface area contributed by atoms with Crippen LogP contribution in [0.3, 0.4) is 0 Å². The average Bonchev–Trinajstić information content (AvgIpc) is 3.47. The van der Waals surface area contributed by atoms with Gasteiger partial charge in [0.05, 0.1) is 34.0 Å². The lowest BCUT2D eigenvalue weighted by atomic mass is 10.2. The van der Waals surface area contributed by atoms with E-state index in [1.54, 1.807) is 58.9 Å². The first kappa shape index (κ1) is 24.8. The van der Waals surface area contributed by atoms with E-state index in [4.69, 9.17) is 23.2 Å². The van der Waals surface area contributed by atoms with Crippen molar-refractivity contribution in [2.24, 2.45) is 7.05 Å². The Morgan fingerprint density at radius 3 is 2.67 bits per heavy atom. The van der Waals surface area contributed by atoms with Crippen molar-refractivity contribution in [2.45, 2.75) is 6.54 Å². The number of imidazole rings is 1. The lowest BCUT2D eigenvalue weighted by Crippen LogP contribution is -2.42. The van der Waals surface area contributed by atoms with Crippen LogP contribution in [0.4, 0.5) is 20.4 Å². The van der Waals surface area contributed by atoms with E-state index in [2.05, 4.69) is 20.4 Å². The Balaban J connectivity index is 1.55. The van der Waals surface area contributed by atoms with E-state index in [0.717, 1.165) is 20.6 Å². The van der Waals surface area contributed by atoms with Gasteiger partial charge in [0, 0.05) is 24.8 Å². The van der Waals surface area contributed by atoms with Crippen LogP contribution in [0, 0.1) is 11.6 Å². The van der Waals surface area contributed by atoms with Gasteiger partial charge < -0.3 is 5.32 Å². The number of aryl methyl sites for hydroxylation is 1. The number of anilines is 2. The molecule has 0 aliphatic carbocycles. The maximum absolute atomic E-state index is 14.2. The molecule has 0 saturated heterocycles. The average molecular weight is 569 g/mol. The SMILES string of the molecule is Cn1cc2cc(Nc3nc(=O)n(-c4cnc5ccccn45)c(=O)n3Cc3cc(F)c(F)c(Cl)c3)c(Cl)cc2n1. The van der Waals surface area contributed by atoms with Gasteiger partial charge in [0.25, 0.3) is 0 Å². The molecule has 0 amide bonds. The van der Waals surface area contributed by atoms with Gasteiger partial charge in [0.2, 0.25) is 5.95 Å². The molecule has 0 saturated carbocycles. The zero-order valence-electron chi connectivity index (χ0n) is 19.9. The fourth-order valence-corrected chi connectivity index (χ4v) is 4.72. The molecule has 196 valence electrons. The van der Waals surface area contributed by atoms with Gasteiger partial charge in [-0.2, -0.15) is 14.6 Å². The van der Waals surface area contributed by atoms with Crippen molar-refractivity contribution >= 4 is 51.4 Å². The van der Waals surface area contributed by atoms with Gasteiger partial charge in [0.1, 0.15) is 11.5 Å². The van der Waals surface area contributed by atoms with Crippen molar-refractivity contribution in [1.29, 1.82) is 0 Å². The second-order valence-electron chi connectivity index (χ2n) is 8.66. The summed E-state index contributed by atoms with van der Waals surface area (Å²) in [5, 5.41) is 7.78. The lowest BCUT2D eigenvalue weighted by Gasteiger charge is -2.16. The van der Waals surface area contributed by atoms with Crippen molar-refractivity contribution in [3.05, 3.63) is 109 Å². The van der Waals surface area contributed by atoms with Crippen molar-refractivity contribution in [2.75, 3.05) is 5.32 Å². The number of hydrogen-bond donors (Lipinski definition) is 1. The summed E-state index contributed by atoms with van der Waals surface area (Å²) in [6.45, 7) is -0.311. The lowest BCUT2D eigenvalue weighted by molar-refractivity contribution is 0.506. The van der Waals surface area contributed by atoms with Crippen LogP contribution in [0.25, 0.3) is 22.4 Å². The second-order valence-corrected chi connectivity index (χ2v) is 9.47. The van der Waals surface area contributed by atoms with E-state index in [9.17, 15) is 18.4 Å². The van der Waals surface area contributed by atoms with Crippen LogP contribution in [0.1, 0.15) is 5.56 Å². The van der Waals surface area contributed by atoms with Gasteiger partial charge in [-0.25, -0.2) is 23.4 Å². The molecule has 2 aromatic carbocycles. The van der Waals surface area contributed by atoms with Crippen molar-refractivity contribution in [3.8, 4) is 5.82 Å². The summed E-state index contributed by atoms with van der Waals surface area (Å²) in [4.78, 5) is 35.4. The molecule has 0 bridgehead atoms. The van der Waals surface area contributed by atoms with Crippen LogP contribution >= 0.6 is 23.2 Å². The maximum Gasteiger partial charge on any atom is 0.360 e. The van der Waals surface area contributed by atoms with Crippen LogP contribution in [0.5, 0.6) is 0 Å². The van der Waals surface area contributed by atoms with E-state index in [1.165, 1.54) is 12.3 Å². The second kappa shape index (κ2) is 9.33. The number of halogens is 4. The molecule has 1 N–H and O–H groups in total. The number of rotatable bonds is 5. The minimum absolute atomic E-state index is 0.145. The van der Waals surface area contributed by atoms with Crippen LogP contribution in [0.2, 0.25) is 10.0 Å². The Labute approximate surface area is 227 Å². The number of nitrogens with one attached hydrogen (secondary N) is 1. The number of pyridine rings is 1. The Kier molecular flexibility index (Phi) is 5.92. The highest BCUT2D eigenvalue weighted by Gasteiger charge is 2.20. The van der Waals surface area contributed by atoms with Crippen LogP contribution in [-0.2, 0) is 13.6 Å². The normalized spacial score (nSPS) is 11.5. The molecule has 0 unspecified atom stereocenters. The van der Waals surface area contributed by atoms with Gasteiger partial charge in [-0.15, -0.1) is 0 Å². The summed E-state index contributed by atoms with van der Waals surface area (Å²) in [6, 6.07) is 10.6. The van der Waals surface area contributed by atoms with E-state index >= 15 is 0 Å². The highest BCUT2D eigenvalue weighted by molar-refractivity contribution is 6.34. The molecule has 6 aromatic rings.